The van der Waals surface area contributed by atoms with Crippen molar-refractivity contribution in [3.05, 3.63) is 42.4 Å². The van der Waals surface area contributed by atoms with Gasteiger partial charge in [-0.15, -0.1) is 0 Å². The molecule has 0 bridgehead atoms. The summed E-state index contributed by atoms with van der Waals surface area (Å²) in [5, 5.41) is 3.46. The molecule has 0 spiro atoms. The Kier molecular flexibility index (Phi) is 3.98. The van der Waals surface area contributed by atoms with Crippen LogP contribution in [0.1, 0.15) is 24.9 Å². The van der Waals surface area contributed by atoms with E-state index in [-0.39, 0.29) is 0 Å². The van der Waals surface area contributed by atoms with Gasteiger partial charge in [0.1, 0.15) is 11.6 Å². The summed E-state index contributed by atoms with van der Waals surface area (Å²) in [7, 11) is 2.01. The van der Waals surface area contributed by atoms with Crippen molar-refractivity contribution in [2.45, 2.75) is 32.4 Å². The van der Waals surface area contributed by atoms with Crippen molar-refractivity contribution in [1.82, 2.24) is 14.9 Å². The number of aryl methyl sites for hydroxylation is 2. The van der Waals surface area contributed by atoms with Gasteiger partial charge in [0.15, 0.2) is 0 Å². The summed E-state index contributed by atoms with van der Waals surface area (Å²) in [5.74, 6) is 2.12. The highest BCUT2D eigenvalue weighted by Gasteiger charge is 2.05. The predicted octanol–water partition coefficient (Wildman–Crippen LogP) is 2.12. The molecule has 0 aliphatic heterocycles. The summed E-state index contributed by atoms with van der Waals surface area (Å²) in [6, 6.07) is 4.41. The number of rotatable bonds is 6. The third kappa shape index (κ3) is 3.46. The molecule has 0 aliphatic carbocycles. The van der Waals surface area contributed by atoms with Crippen molar-refractivity contribution < 1.29 is 4.42 Å². The Morgan fingerprint density at radius 2 is 2.41 bits per heavy atom. The summed E-state index contributed by atoms with van der Waals surface area (Å²) in [5.41, 5.74) is 0. The molecule has 0 saturated heterocycles. The number of furan rings is 1. The molecular weight excluding hydrogens is 214 g/mol. The van der Waals surface area contributed by atoms with Gasteiger partial charge in [-0.1, -0.05) is 0 Å². The molecule has 2 aromatic rings. The number of aromatic nitrogens is 2. The Balaban J connectivity index is 1.71. The summed E-state index contributed by atoms with van der Waals surface area (Å²) < 4.78 is 7.34. The molecule has 0 amide bonds. The minimum atomic E-state index is 0.455. The molecule has 1 unspecified atom stereocenters. The van der Waals surface area contributed by atoms with Crippen molar-refractivity contribution in [3.63, 3.8) is 0 Å². The van der Waals surface area contributed by atoms with Crippen LogP contribution in [0.4, 0.5) is 0 Å². The lowest BCUT2D eigenvalue weighted by Crippen LogP contribution is -2.27. The predicted molar refractivity (Wildman–Crippen MR) is 66.5 cm³/mol. The van der Waals surface area contributed by atoms with E-state index < -0.39 is 0 Å². The van der Waals surface area contributed by atoms with E-state index in [0.717, 1.165) is 31.0 Å². The number of hydrogen-bond acceptors (Lipinski definition) is 3. The SMILES string of the molecule is CC(CCc1ccco1)NCc1nccn1C. The summed E-state index contributed by atoms with van der Waals surface area (Å²) in [4.78, 5) is 4.28. The Hall–Kier alpha value is -1.55. The molecule has 1 N–H and O–H groups in total. The fraction of sp³-hybridized carbons (Fsp3) is 0.462. The molecule has 0 aromatic carbocycles. The van der Waals surface area contributed by atoms with Gasteiger partial charge in [-0.25, -0.2) is 4.98 Å². The van der Waals surface area contributed by atoms with E-state index in [1.165, 1.54) is 0 Å². The fourth-order valence-corrected chi connectivity index (χ4v) is 1.75. The van der Waals surface area contributed by atoms with Crippen LogP contribution in [0.25, 0.3) is 0 Å². The van der Waals surface area contributed by atoms with E-state index in [1.807, 2.05) is 36.1 Å². The van der Waals surface area contributed by atoms with Crippen molar-refractivity contribution in [2.24, 2.45) is 7.05 Å². The number of nitrogens with zero attached hydrogens (tertiary/aromatic N) is 2. The van der Waals surface area contributed by atoms with Gasteiger partial charge in [-0.05, 0) is 25.5 Å². The lowest BCUT2D eigenvalue weighted by molar-refractivity contribution is 0.454. The third-order valence-electron chi connectivity index (χ3n) is 2.93. The molecule has 17 heavy (non-hydrogen) atoms. The topological polar surface area (TPSA) is 43.0 Å². The first-order valence-corrected chi connectivity index (χ1v) is 5.97. The lowest BCUT2D eigenvalue weighted by Gasteiger charge is -2.12. The van der Waals surface area contributed by atoms with E-state index in [9.17, 15) is 0 Å². The quantitative estimate of drug-likeness (QED) is 0.831. The van der Waals surface area contributed by atoms with Gasteiger partial charge >= 0.3 is 0 Å². The van der Waals surface area contributed by atoms with Gasteiger partial charge < -0.3 is 14.3 Å². The van der Waals surface area contributed by atoms with Crippen LogP contribution in [-0.4, -0.2) is 15.6 Å². The first kappa shape index (κ1) is 11.9. The van der Waals surface area contributed by atoms with Crippen LogP contribution in [0.2, 0.25) is 0 Å². The highest BCUT2D eigenvalue weighted by molar-refractivity contribution is 4.98. The third-order valence-corrected chi connectivity index (χ3v) is 2.93. The molecule has 2 heterocycles. The summed E-state index contributed by atoms with van der Waals surface area (Å²) in [6.07, 6.45) is 7.55. The molecule has 92 valence electrons. The molecule has 0 fully saturated rings. The fourth-order valence-electron chi connectivity index (χ4n) is 1.75. The minimum absolute atomic E-state index is 0.455. The van der Waals surface area contributed by atoms with E-state index in [4.69, 9.17) is 4.42 Å². The Labute approximate surface area is 102 Å². The molecule has 0 saturated carbocycles. The van der Waals surface area contributed by atoms with Crippen LogP contribution in [-0.2, 0) is 20.0 Å². The van der Waals surface area contributed by atoms with Crippen LogP contribution in [0.5, 0.6) is 0 Å². The lowest BCUT2D eigenvalue weighted by atomic mass is 10.1. The van der Waals surface area contributed by atoms with Crippen LogP contribution >= 0.6 is 0 Å². The standard InChI is InChI=1S/C13H19N3O/c1-11(5-6-12-4-3-9-17-12)15-10-13-14-7-8-16(13)2/h3-4,7-9,11,15H,5-6,10H2,1-2H3. The number of hydrogen-bond donors (Lipinski definition) is 1. The average Bonchev–Trinajstić information content (AvgIpc) is 2.95. The molecule has 4 heteroatoms. The largest absolute Gasteiger partial charge is 0.469 e. The van der Waals surface area contributed by atoms with Crippen LogP contribution in [0.15, 0.2) is 35.2 Å². The van der Waals surface area contributed by atoms with Gasteiger partial charge in [-0.2, -0.15) is 0 Å². The summed E-state index contributed by atoms with van der Waals surface area (Å²) >= 11 is 0. The average molecular weight is 233 g/mol. The highest BCUT2D eigenvalue weighted by Crippen LogP contribution is 2.06. The molecule has 2 rings (SSSR count). The van der Waals surface area contributed by atoms with Gasteiger partial charge in [-0.3, -0.25) is 0 Å². The number of nitrogens with one attached hydrogen (secondary N) is 1. The van der Waals surface area contributed by atoms with Crippen LogP contribution in [0, 0.1) is 0 Å². The first-order valence-electron chi connectivity index (χ1n) is 5.97. The molecule has 2 aromatic heterocycles. The van der Waals surface area contributed by atoms with Crippen LogP contribution in [0.3, 0.4) is 0 Å². The van der Waals surface area contributed by atoms with E-state index in [0.29, 0.717) is 6.04 Å². The summed E-state index contributed by atoms with van der Waals surface area (Å²) in [6.45, 7) is 2.99. The van der Waals surface area contributed by atoms with Gasteiger partial charge in [0, 0.05) is 31.9 Å². The first-order chi connectivity index (χ1) is 8.25. The van der Waals surface area contributed by atoms with Gasteiger partial charge in [0.05, 0.1) is 12.8 Å². The maximum absolute atomic E-state index is 5.31. The normalized spacial score (nSPS) is 12.8. The second-order valence-electron chi connectivity index (χ2n) is 4.35. The molecular formula is C13H19N3O. The van der Waals surface area contributed by atoms with E-state index in [1.54, 1.807) is 6.26 Å². The van der Waals surface area contributed by atoms with Crippen molar-refractivity contribution >= 4 is 0 Å². The maximum Gasteiger partial charge on any atom is 0.122 e. The molecule has 0 aliphatic rings. The second-order valence-corrected chi connectivity index (χ2v) is 4.35. The Bertz CT molecular complexity index is 433. The Morgan fingerprint density at radius 1 is 1.53 bits per heavy atom. The maximum atomic E-state index is 5.31. The minimum Gasteiger partial charge on any atom is -0.469 e. The Morgan fingerprint density at radius 3 is 3.06 bits per heavy atom. The molecule has 4 nitrogen and oxygen atoms in total. The second kappa shape index (κ2) is 5.68. The van der Waals surface area contributed by atoms with Gasteiger partial charge in [0.2, 0.25) is 0 Å². The zero-order valence-corrected chi connectivity index (χ0v) is 10.4. The molecule has 0 radical (unpaired) electrons. The number of imidazole rings is 1. The zero-order chi connectivity index (χ0) is 12.1. The highest BCUT2D eigenvalue weighted by atomic mass is 16.3. The van der Waals surface area contributed by atoms with Crippen LogP contribution < -0.4 is 5.32 Å². The smallest absolute Gasteiger partial charge is 0.122 e. The van der Waals surface area contributed by atoms with Crippen molar-refractivity contribution in [2.75, 3.05) is 0 Å². The van der Waals surface area contributed by atoms with E-state index >= 15 is 0 Å². The van der Waals surface area contributed by atoms with E-state index in [2.05, 4.69) is 17.2 Å². The van der Waals surface area contributed by atoms with Crippen molar-refractivity contribution in [3.8, 4) is 0 Å². The molecule has 1 atom stereocenters. The van der Waals surface area contributed by atoms with Gasteiger partial charge in [0.25, 0.3) is 0 Å². The van der Waals surface area contributed by atoms with Crippen molar-refractivity contribution in [1.29, 1.82) is 0 Å². The zero-order valence-electron chi connectivity index (χ0n) is 10.4. The monoisotopic (exact) mass is 233 g/mol.